The van der Waals surface area contributed by atoms with E-state index in [4.69, 9.17) is 9.73 Å². The van der Waals surface area contributed by atoms with Crippen LogP contribution in [-0.2, 0) is 11.8 Å². The van der Waals surface area contributed by atoms with Gasteiger partial charge < -0.3 is 14.6 Å². The Balaban J connectivity index is 1.67. The van der Waals surface area contributed by atoms with Crippen LogP contribution in [0.4, 0.5) is 11.4 Å². The van der Waals surface area contributed by atoms with Crippen molar-refractivity contribution in [1.29, 1.82) is 0 Å². The van der Waals surface area contributed by atoms with Crippen molar-refractivity contribution in [1.82, 2.24) is 13.9 Å². The molecule has 5 rings (SSSR count). The summed E-state index contributed by atoms with van der Waals surface area (Å²) in [5.74, 6) is 0.490. The van der Waals surface area contributed by atoms with Gasteiger partial charge in [0.25, 0.3) is 11.5 Å². The Hall–Kier alpha value is -3.85. The Morgan fingerprint density at radius 3 is 2.69 bits per heavy atom. The lowest BCUT2D eigenvalue weighted by Crippen LogP contribution is -2.25. The molecule has 35 heavy (non-hydrogen) atoms. The van der Waals surface area contributed by atoms with E-state index in [1.807, 2.05) is 72.6 Å². The third-order valence-electron chi connectivity index (χ3n) is 6.41. The predicted octanol–water partition coefficient (Wildman–Crippen LogP) is 4.55. The van der Waals surface area contributed by atoms with Crippen LogP contribution in [0.1, 0.15) is 32.0 Å². The number of anilines is 1. The van der Waals surface area contributed by atoms with Crippen molar-refractivity contribution < 1.29 is 9.53 Å². The van der Waals surface area contributed by atoms with Gasteiger partial charge in [-0.05, 0) is 50.6 Å². The number of aromatic nitrogens is 3. The Kier molecular flexibility index (Phi) is 5.94. The molecule has 1 amide bonds. The molecule has 0 fully saturated rings. The van der Waals surface area contributed by atoms with Gasteiger partial charge in [-0.1, -0.05) is 25.1 Å². The quantitative estimate of drug-likeness (QED) is 0.447. The number of benzene rings is 2. The van der Waals surface area contributed by atoms with Gasteiger partial charge in [0.15, 0.2) is 17.1 Å². The van der Waals surface area contributed by atoms with Crippen LogP contribution in [0.3, 0.4) is 0 Å². The number of hydrogen-bond acceptors (Lipinski definition) is 5. The highest BCUT2D eigenvalue weighted by Crippen LogP contribution is 2.34. The van der Waals surface area contributed by atoms with Gasteiger partial charge in [0.1, 0.15) is 5.75 Å². The smallest absolute Gasteiger partial charge is 0.297 e. The van der Waals surface area contributed by atoms with Crippen molar-refractivity contribution in [3.8, 4) is 22.7 Å². The highest BCUT2D eigenvalue weighted by Gasteiger charge is 2.20. The van der Waals surface area contributed by atoms with Crippen LogP contribution in [0, 0.1) is 6.92 Å². The number of rotatable bonds is 5. The monoisotopic (exact) mass is 489 g/mol. The van der Waals surface area contributed by atoms with Gasteiger partial charge in [0.2, 0.25) is 0 Å². The summed E-state index contributed by atoms with van der Waals surface area (Å²) < 4.78 is 11.2. The number of nitrogens with zero attached hydrogens (tertiary/aromatic N) is 4. The van der Waals surface area contributed by atoms with E-state index in [9.17, 15) is 9.59 Å². The number of nitrogens with one attached hydrogen (secondary N) is 1. The lowest BCUT2D eigenvalue weighted by atomic mass is 10.1. The molecule has 180 valence electrons. The van der Waals surface area contributed by atoms with Crippen LogP contribution in [0.5, 0.6) is 5.75 Å². The summed E-state index contributed by atoms with van der Waals surface area (Å²) in [6.07, 6.45) is 0.893. The molecule has 4 aromatic rings. The predicted molar refractivity (Wildman–Crippen MR) is 138 cm³/mol. The molecule has 2 aromatic heterocycles. The molecule has 1 atom stereocenters. The highest BCUT2D eigenvalue weighted by molar-refractivity contribution is 7.07. The third-order valence-corrected chi connectivity index (χ3v) is 7.25. The summed E-state index contributed by atoms with van der Waals surface area (Å²) in [5.41, 5.74) is 4.43. The number of fused-ring (bicyclic) bond motifs is 1. The molecule has 0 saturated heterocycles. The number of carbonyl (C=O) groups is 1. The van der Waals surface area contributed by atoms with E-state index in [0.29, 0.717) is 17.1 Å². The normalized spacial score (nSPS) is 14.4. The Bertz CT molecular complexity index is 1540. The molecule has 1 aliphatic heterocycles. The highest BCUT2D eigenvalue weighted by atomic mass is 32.1. The Labute approximate surface area is 206 Å². The summed E-state index contributed by atoms with van der Waals surface area (Å²) >= 11 is 1.50. The second kappa shape index (κ2) is 9.07. The Morgan fingerprint density at radius 2 is 1.94 bits per heavy atom. The standard InChI is InChI=1S/C26H27N5O3S/c1-5-16(2)30-21(18-11-12-22-20(13-18)27-23(32)14-34-22)15-35-26(30)28-24-17(3)29(4)31(25(24)33)19-9-7-6-8-10-19/h6-13,15-16H,5,14H2,1-4H3,(H,27,32). The molecule has 9 heteroatoms. The first-order valence-corrected chi connectivity index (χ1v) is 12.4. The maximum absolute atomic E-state index is 13.4. The summed E-state index contributed by atoms with van der Waals surface area (Å²) in [6.45, 7) is 6.20. The van der Waals surface area contributed by atoms with Gasteiger partial charge in [-0.2, -0.15) is 0 Å². The molecule has 1 unspecified atom stereocenters. The third kappa shape index (κ3) is 4.01. The number of para-hydroxylation sites is 1. The summed E-state index contributed by atoms with van der Waals surface area (Å²) in [7, 11) is 1.87. The van der Waals surface area contributed by atoms with E-state index in [1.54, 1.807) is 4.68 Å². The van der Waals surface area contributed by atoms with Crippen LogP contribution >= 0.6 is 11.3 Å². The van der Waals surface area contributed by atoms with E-state index in [2.05, 4.69) is 23.7 Å². The maximum Gasteiger partial charge on any atom is 0.297 e. The van der Waals surface area contributed by atoms with Crippen molar-refractivity contribution in [2.24, 2.45) is 12.0 Å². The lowest BCUT2D eigenvalue weighted by Gasteiger charge is -2.20. The minimum absolute atomic E-state index is 0.0254. The van der Waals surface area contributed by atoms with Crippen molar-refractivity contribution in [2.45, 2.75) is 33.2 Å². The van der Waals surface area contributed by atoms with E-state index >= 15 is 0 Å². The number of carbonyl (C=O) groups excluding carboxylic acids is 1. The number of thiazole rings is 1. The van der Waals surface area contributed by atoms with Crippen LogP contribution < -0.4 is 20.4 Å². The Morgan fingerprint density at radius 1 is 1.17 bits per heavy atom. The minimum atomic E-state index is -0.167. The fraction of sp³-hybridized carbons (Fsp3) is 0.269. The first-order chi connectivity index (χ1) is 16.9. The zero-order chi connectivity index (χ0) is 24.7. The average molecular weight is 490 g/mol. The second-order valence-electron chi connectivity index (χ2n) is 8.60. The summed E-state index contributed by atoms with van der Waals surface area (Å²) in [5, 5.41) is 4.93. The SMILES string of the molecule is CCC(C)n1c(-c2ccc3c(c2)NC(=O)CO3)csc1=Nc1c(C)n(C)n(-c2ccccc2)c1=O. The first kappa shape index (κ1) is 22.9. The average Bonchev–Trinajstić information content (AvgIpc) is 3.38. The minimum Gasteiger partial charge on any atom is -0.482 e. The van der Waals surface area contributed by atoms with Crippen LogP contribution in [0.25, 0.3) is 16.9 Å². The molecular weight excluding hydrogens is 462 g/mol. The van der Waals surface area contributed by atoms with Gasteiger partial charge in [-0.15, -0.1) is 11.3 Å². The van der Waals surface area contributed by atoms with E-state index in [0.717, 1.165) is 33.9 Å². The van der Waals surface area contributed by atoms with Gasteiger partial charge in [-0.3, -0.25) is 14.3 Å². The molecule has 0 bridgehead atoms. The molecule has 1 aliphatic rings. The fourth-order valence-corrected chi connectivity index (χ4v) is 5.24. The fourth-order valence-electron chi connectivity index (χ4n) is 4.24. The zero-order valence-corrected chi connectivity index (χ0v) is 20.9. The van der Waals surface area contributed by atoms with Crippen LogP contribution in [0.2, 0.25) is 0 Å². The van der Waals surface area contributed by atoms with Gasteiger partial charge in [0.05, 0.1) is 22.8 Å². The van der Waals surface area contributed by atoms with E-state index < -0.39 is 0 Å². The molecule has 0 radical (unpaired) electrons. The lowest BCUT2D eigenvalue weighted by molar-refractivity contribution is -0.118. The zero-order valence-electron chi connectivity index (χ0n) is 20.1. The first-order valence-electron chi connectivity index (χ1n) is 11.5. The summed E-state index contributed by atoms with van der Waals surface area (Å²) in [6, 6.07) is 15.5. The molecule has 0 saturated carbocycles. The molecule has 0 aliphatic carbocycles. The van der Waals surface area contributed by atoms with E-state index in [1.165, 1.54) is 11.3 Å². The van der Waals surface area contributed by atoms with Gasteiger partial charge in [0, 0.05) is 24.0 Å². The van der Waals surface area contributed by atoms with E-state index in [-0.39, 0.29) is 24.1 Å². The number of amides is 1. The molecule has 0 spiro atoms. The van der Waals surface area contributed by atoms with Crippen LogP contribution in [-0.4, -0.2) is 26.4 Å². The van der Waals surface area contributed by atoms with Crippen LogP contribution in [0.15, 0.2) is 63.7 Å². The van der Waals surface area contributed by atoms with Gasteiger partial charge in [-0.25, -0.2) is 9.67 Å². The molecule has 2 aromatic carbocycles. The van der Waals surface area contributed by atoms with Gasteiger partial charge >= 0.3 is 0 Å². The largest absolute Gasteiger partial charge is 0.482 e. The molecule has 3 heterocycles. The topological polar surface area (TPSA) is 82.6 Å². The molecular formula is C26H27N5O3S. The summed E-state index contributed by atoms with van der Waals surface area (Å²) in [4.78, 5) is 30.9. The second-order valence-corrected chi connectivity index (χ2v) is 9.44. The number of hydrogen-bond donors (Lipinski definition) is 1. The molecule has 1 N–H and O–H groups in total. The van der Waals surface area contributed by atoms with Crippen molar-refractivity contribution in [3.63, 3.8) is 0 Å². The van der Waals surface area contributed by atoms with Crippen molar-refractivity contribution in [2.75, 3.05) is 11.9 Å². The molecule has 8 nitrogen and oxygen atoms in total. The number of ether oxygens (including phenoxy) is 1. The van der Waals surface area contributed by atoms with Crippen molar-refractivity contribution >= 4 is 28.6 Å². The van der Waals surface area contributed by atoms with Crippen molar-refractivity contribution in [3.05, 3.63) is 74.8 Å². The maximum atomic E-state index is 13.4.